The van der Waals surface area contributed by atoms with Crippen molar-refractivity contribution in [2.45, 2.75) is 20.3 Å². The monoisotopic (exact) mass is 170 g/mol. The van der Waals surface area contributed by atoms with Gasteiger partial charge in [-0.3, -0.25) is 0 Å². The van der Waals surface area contributed by atoms with Crippen molar-refractivity contribution in [2.24, 2.45) is 0 Å². The van der Waals surface area contributed by atoms with Crippen LogP contribution in [-0.2, 0) is 6.42 Å². The average Bonchev–Trinajstić information content (AvgIpc) is 1.99. The van der Waals surface area contributed by atoms with Gasteiger partial charge in [0.15, 0.2) is 0 Å². The number of phenols is 1. The van der Waals surface area contributed by atoms with E-state index in [2.05, 4.69) is 0 Å². The lowest BCUT2D eigenvalue weighted by atomic mass is 10.1. The first-order chi connectivity index (χ1) is 5.16. The third-order valence-electron chi connectivity index (χ3n) is 1.77. The molecule has 11 heavy (non-hydrogen) atoms. The topological polar surface area (TPSA) is 20.2 Å². The maximum Gasteiger partial charge on any atom is 0.120 e. The van der Waals surface area contributed by atoms with E-state index in [0.29, 0.717) is 10.8 Å². The zero-order chi connectivity index (χ0) is 8.43. The number of rotatable bonds is 1. The number of hydrogen-bond donors (Lipinski definition) is 1. The van der Waals surface area contributed by atoms with E-state index in [9.17, 15) is 5.11 Å². The SMILES string of the molecule is CCc1c(O)ccc(C)c1Cl. The molecule has 1 N–H and O–H groups in total. The van der Waals surface area contributed by atoms with Gasteiger partial charge in [0.05, 0.1) is 5.02 Å². The smallest absolute Gasteiger partial charge is 0.120 e. The van der Waals surface area contributed by atoms with E-state index < -0.39 is 0 Å². The second-order valence-electron chi connectivity index (χ2n) is 2.55. The maximum absolute atomic E-state index is 9.33. The molecule has 0 aliphatic rings. The molecular weight excluding hydrogens is 160 g/mol. The van der Waals surface area contributed by atoms with E-state index in [1.165, 1.54) is 0 Å². The molecule has 0 unspecified atom stereocenters. The molecule has 1 aromatic carbocycles. The van der Waals surface area contributed by atoms with Gasteiger partial charge in [0, 0.05) is 5.56 Å². The van der Waals surface area contributed by atoms with Gasteiger partial charge in [0.25, 0.3) is 0 Å². The molecular formula is C9H11ClO. The minimum Gasteiger partial charge on any atom is -0.508 e. The fraction of sp³-hybridized carbons (Fsp3) is 0.333. The maximum atomic E-state index is 9.33. The summed E-state index contributed by atoms with van der Waals surface area (Å²) in [4.78, 5) is 0. The predicted octanol–water partition coefficient (Wildman–Crippen LogP) is 2.92. The predicted molar refractivity (Wildman–Crippen MR) is 47.2 cm³/mol. The summed E-state index contributed by atoms with van der Waals surface area (Å²) < 4.78 is 0. The van der Waals surface area contributed by atoms with Crippen molar-refractivity contribution >= 4 is 11.6 Å². The normalized spacial score (nSPS) is 10.1. The molecule has 0 aliphatic carbocycles. The molecule has 0 aliphatic heterocycles. The summed E-state index contributed by atoms with van der Waals surface area (Å²) in [6, 6.07) is 3.50. The van der Waals surface area contributed by atoms with Gasteiger partial charge in [-0.2, -0.15) is 0 Å². The molecule has 1 aromatic rings. The van der Waals surface area contributed by atoms with Crippen molar-refractivity contribution in [3.05, 3.63) is 28.3 Å². The molecule has 60 valence electrons. The van der Waals surface area contributed by atoms with E-state index >= 15 is 0 Å². The van der Waals surface area contributed by atoms with Crippen LogP contribution in [0.15, 0.2) is 12.1 Å². The van der Waals surface area contributed by atoms with Gasteiger partial charge in [0.1, 0.15) is 5.75 Å². The summed E-state index contributed by atoms with van der Waals surface area (Å²) in [5.74, 6) is 0.295. The summed E-state index contributed by atoms with van der Waals surface area (Å²) in [6.45, 7) is 3.90. The number of hydrogen-bond acceptors (Lipinski definition) is 1. The highest BCUT2D eigenvalue weighted by atomic mass is 35.5. The average molecular weight is 171 g/mol. The van der Waals surface area contributed by atoms with Crippen molar-refractivity contribution in [3.63, 3.8) is 0 Å². The van der Waals surface area contributed by atoms with Gasteiger partial charge in [-0.05, 0) is 25.0 Å². The molecule has 0 bridgehead atoms. The van der Waals surface area contributed by atoms with Crippen molar-refractivity contribution in [3.8, 4) is 5.75 Å². The number of halogens is 1. The van der Waals surface area contributed by atoms with Gasteiger partial charge < -0.3 is 5.11 Å². The van der Waals surface area contributed by atoms with Crippen LogP contribution in [0.3, 0.4) is 0 Å². The first kappa shape index (κ1) is 8.41. The minimum atomic E-state index is 0.295. The highest BCUT2D eigenvalue weighted by Gasteiger charge is 2.05. The Morgan fingerprint density at radius 3 is 2.55 bits per heavy atom. The van der Waals surface area contributed by atoms with Gasteiger partial charge in [-0.1, -0.05) is 24.6 Å². The molecule has 0 radical (unpaired) electrons. The van der Waals surface area contributed by atoms with Gasteiger partial charge >= 0.3 is 0 Å². The quantitative estimate of drug-likeness (QED) is 0.687. The van der Waals surface area contributed by atoms with E-state index in [-0.39, 0.29) is 0 Å². The van der Waals surface area contributed by atoms with Crippen LogP contribution in [0.1, 0.15) is 18.1 Å². The summed E-state index contributed by atoms with van der Waals surface area (Å²) in [6.07, 6.45) is 0.770. The Bertz CT molecular complexity index is 269. The van der Waals surface area contributed by atoms with Crippen molar-refractivity contribution in [1.82, 2.24) is 0 Å². The lowest BCUT2D eigenvalue weighted by Crippen LogP contribution is -1.86. The van der Waals surface area contributed by atoms with E-state index in [0.717, 1.165) is 17.5 Å². The molecule has 0 aromatic heterocycles. The Morgan fingerprint density at radius 2 is 2.09 bits per heavy atom. The van der Waals surface area contributed by atoms with Crippen LogP contribution >= 0.6 is 11.6 Å². The van der Waals surface area contributed by atoms with Crippen LogP contribution in [0.5, 0.6) is 5.75 Å². The standard InChI is InChI=1S/C9H11ClO/c1-3-7-8(11)5-4-6(2)9(7)10/h4-5,11H,3H2,1-2H3. The van der Waals surface area contributed by atoms with Crippen LogP contribution in [-0.4, -0.2) is 5.11 Å². The first-order valence-electron chi connectivity index (χ1n) is 3.63. The Morgan fingerprint density at radius 1 is 1.45 bits per heavy atom. The summed E-state index contributed by atoms with van der Waals surface area (Å²) in [5.41, 5.74) is 1.85. The number of benzene rings is 1. The number of aryl methyl sites for hydroxylation is 1. The first-order valence-corrected chi connectivity index (χ1v) is 4.01. The molecule has 1 rings (SSSR count). The van der Waals surface area contributed by atoms with Gasteiger partial charge in [-0.15, -0.1) is 0 Å². The highest BCUT2D eigenvalue weighted by Crippen LogP contribution is 2.28. The van der Waals surface area contributed by atoms with Gasteiger partial charge in [0.2, 0.25) is 0 Å². The largest absolute Gasteiger partial charge is 0.508 e. The van der Waals surface area contributed by atoms with Crippen molar-refractivity contribution in [2.75, 3.05) is 0 Å². The summed E-state index contributed by atoms with van der Waals surface area (Å²) in [5, 5.41) is 10.0. The molecule has 0 saturated heterocycles. The fourth-order valence-electron chi connectivity index (χ4n) is 1.06. The molecule has 0 fully saturated rings. The van der Waals surface area contributed by atoms with E-state index in [4.69, 9.17) is 11.6 Å². The number of phenolic OH excluding ortho intramolecular Hbond substituents is 1. The molecule has 2 heteroatoms. The Hall–Kier alpha value is -0.690. The van der Waals surface area contributed by atoms with Gasteiger partial charge in [-0.25, -0.2) is 0 Å². The molecule has 0 atom stereocenters. The zero-order valence-corrected chi connectivity index (χ0v) is 7.44. The van der Waals surface area contributed by atoms with Crippen molar-refractivity contribution < 1.29 is 5.11 Å². The van der Waals surface area contributed by atoms with Crippen LogP contribution in [0, 0.1) is 6.92 Å². The van der Waals surface area contributed by atoms with Crippen LogP contribution in [0.2, 0.25) is 5.02 Å². The molecule has 0 saturated carbocycles. The van der Waals surface area contributed by atoms with Crippen LogP contribution in [0.4, 0.5) is 0 Å². The van der Waals surface area contributed by atoms with Crippen LogP contribution < -0.4 is 0 Å². The van der Waals surface area contributed by atoms with E-state index in [1.807, 2.05) is 19.9 Å². The fourth-order valence-corrected chi connectivity index (χ4v) is 1.36. The highest BCUT2D eigenvalue weighted by molar-refractivity contribution is 6.32. The molecule has 0 amide bonds. The lowest BCUT2D eigenvalue weighted by molar-refractivity contribution is 0.469. The van der Waals surface area contributed by atoms with E-state index in [1.54, 1.807) is 6.07 Å². The molecule has 0 heterocycles. The third-order valence-corrected chi connectivity index (χ3v) is 2.29. The van der Waals surface area contributed by atoms with Crippen LogP contribution in [0.25, 0.3) is 0 Å². The molecule has 0 spiro atoms. The third kappa shape index (κ3) is 1.48. The molecule has 1 nitrogen and oxygen atoms in total. The summed E-state index contributed by atoms with van der Waals surface area (Å²) in [7, 11) is 0. The lowest BCUT2D eigenvalue weighted by Gasteiger charge is -2.05. The summed E-state index contributed by atoms with van der Waals surface area (Å²) >= 11 is 5.94. The second kappa shape index (κ2) is 3.14. The van der Waals surface area contributed by atoms with Crippen molar-refractivity contribution in [1.29, 1.82) is 0 Å². The Labute approximate surface area is 71.6 Å². The Kier molecular flexibility index (Phi) is 2.40. The Balaban J connectivity index is 3.29. The number of aromatic hydroxyl groups is 1. The zero-order valence-electron chi connectivity index (χ0n) is 6.69. The minimum absolute atomic E-state index is 0.295. The second-order valence-corrected chi connectivity index (χ2v) is 2.93.